The third-order valence-electron chi connectivity index (χ3n) is 15.7. The quantitative estimate of drug-likeness (QED) is 0.0320. The number of nitrogens with one attached hydrogen (secondary N) is 1. The second kappa shape index (κ2) is 63.9. The molecule has 1 amide bonds. The molecule has 0 aromatic carbocycles. The molecule has 2 atom stereocenters. The Morgan fingerprint density at radius 2 is 0.635 bits per heavy atom. The number of allylic oxidation sites excluding steroid dienone is 4. The van der Waals surface area contributed by atoms with Gasteiger partial charge in [-0.1, -0.05) is 308 Å². The van der Waals surface area contributed by atoms with Crippen LogP contribution in [0, 0.1) is 0 Å². The molecule has 0 aromatic rings. The molecule has 438 valence electrons. The van der Waals surface area contributed by atoms with E-state index in [2.05, 4.69) is 43.5 Å². The van der Waals surface area contributed by atoms with E-state index in [-0.39, 0.29) is 18.5 Å². The number of esters is 1. The Kier molecular flexibility index (Phi) is 62.4. The van der Waals surface area contributed by atoms with Crippen LogP contribution in [0.1, 0.15) is 373 Å². The summed E-state index contributed by atoms with van der Waals surface area (Å²) in [5.74, 6) is -0.0256. The molecular weight excluding hydrogens is 911 g/mol. The molecule has 0 rings (SSSR count). The SMILES string of the molecule is CCCCCCCCC/C=C\CCCCCCCC(=O)OCCCCCCCCCCCCCC/C=C\CCCCCCCCCCCCCC(=O)NC(CO)C(O)CCCCCCCCCCCCCCCC. The minimum absolute atomic E-state index is 0.00826. The topological polar surface area (TPSA) is 95.9 Å². The molecule has 0 bridgehead atoms. The van der Waals surface area contributed by atoms with Gasteiger partial charge in [-0.2, -0.15) is 0 Å². The van der Waals surface area contributed by atoms with Gasteiger partial charge in [-0.25, -0.2) is 0 Å². The van der Waals surface area contributed by atoms with Crippen LogP contribution in [0.4, 0.5) is 0 Å². The lowest BCUT2D eigenvalue weighted by Gasteiger charge is -2.22. The van der Waals surface area contributed by atoms with Crippen molar-refractivity contribution in [3.63, 3.8) is 0 Å². The van der Waals surface area contributed by atoms with Crippen molar-refractivity contribution in [2.75, 3.05) is 13.2 Å². The fraction of sp³-hybridized carbons (Fsp3) is 0.912. The highest BCUT2D eigenvalue weighted by Gasteiger charge is 2.20. The summed E-state index contributed by atoms with van der Waals surface area (Å²) in [5, 5.41) is 23.3. The van der Waals surface area contributed by atoms with E-state index in [1.807, 2.05) is 0 Å². The fourth-order valence-electron chi connectivity index (χ4n) is 10.6. The Morgan fingerprint density at radius 3 is 0.959 bits per heavy atom. The maximum atomic E-state index is 12.5. The van der Waals surface area contributed by atoms with Crippen molar-refractivity contribution in [3.05, 3.63) is 24.3 Å². The summed E-state index contributed by atoms with van der Waals surface area (Å²) in [4.78, 5) is 24.6. The molecular formula is C68H131NO5. The summed E-state index contributed by atoms with van der Waals surface area (Å²) in [5.41, 5.74) is 0. The number of aliphatic hydroxyl groups is 2. The normalized spacial score (nSPS) is 12.6. The van der Waals surface area contributed by atoms with Crippen LogP contribution in [0.5, 0.6) is 0 Å². The van der Waals surface area contributed by atoms with Gasteiger partial charge in [0.1, 0.15) is 0 Å². The Balaban J connectivity index is 3.37. The third kappa shape index (κ3) is 59.6. The molecule has 0 aliphatic heterocycles. The molecule has 2 unspecified atom stereocenters. The minimum atomic E-state index is -0.664. The van der Waals surface area contributed by atoms with Crippen LogP contribution in [-0.2, 0) is 14.3 Å². The highest BCUT2D eigenvalue weighted by molar-refractivity contribution is 5.76. The first-order valence-corrected chi connectivity index (χ1v) is 33.6. The number of carbonyl (C=O) groups excluding carboxylic acids is 2. The number of hydrogen-bond acceptors (Lipinski definition) is 5. The van der Waals surface area contributed by atoms with E-state index in [1.165, 1.54) is 295 Å². The van der Waals surface area contributed by atoms with Gasteiger partial charge in [0.25, 0.3) is 0 Å². The lowest BCUT2D eigenvalue weighted by Crippen LogP contribution is -2.45. The molecule has 0 spiro atoms. The first-order valence-electron chi connectivity index (χ1n) is 33.6. The highest BCUT2D eigenvalue weighted by atomic mass is 16.5. The van der Waals surface area contributed by atoms with E-state index < -0.39 is 12.1 Å². The zero-order chi connectivity index (χ0) is 53.6. The minimum Gasteiger partial charge on any atom is -0.466 e. The standard InChI is InChI=1S/C68H131NO5/c1-3-5-7-9-11-13-15-17-19-34-38-42-46-50-54-58-62-68(73)74-63-59-55-51-47-43-39-35-32-30-28-26-24-22-20-21-23-25-27-29-31-33-37-41-45-49-53-57-61-67(72)69-65(64-70)66(71)60-56-52-48-44-40-36-18-16-14-12-10-8-6-4-2/h19-21,34,65-66,70-71H,3-18,22-33,35-64H2,1-2H3,(H,69,72)/b21-20-,34-19-. The summed E-state index contributed by atoms with van der Waals surface area (Å²) in [6.45, 7) is 4.97. The third-order valence-corrected chi connectivity index (χ3v) is 15.7. The predicted octanol–water partition coefficient (Wildman–Crippen LogP) is 21.4. The van der Waals surface area contributed by atoms with Crippen molar-refractivity contribution in [3.8, 4) is 0 Å². The van der Waals surface area contributed by atoms with Crippen molar-refractivity contribution in [1.29, 1.82) is 0 Å². The van der Waals surface area contributed by atoms with E-state index >= 15 is 0 Å². The first kappa shape index (κ1) is 72.3. The summed E-state index contributed by atoms with van der Waals surface area (Å²) < 4.78 is 5.49. The molecule has 0 aliphatic rings. The van der Waals surface area contributed by atoms with E-state index in [9.17, 15) is 19.8 Å². The van der Waals surface area contributed by atoms with Crippen molar-refractivity contribution in [2.45, 2.75) is 386 Å². The van der Waals surface area contributed by atoms with Crippen LogP contribution in [0.25, 0.3) is 0 Å². The van der Waals surface area contributed by atoms with Crippen LogP contribution in [0.15, 0.2) is 24.3 Å². The molecule has 0 fully saturated rings. The highest BCUT2D eigenvalue weighted by Crippen LogP contribution is 2.18. The van der Waals surface area contributed by atoms with Gasteiger partial charge in [0.2, 0.25) is 5.91 Å². The fourth-order valence-corrected chi connectivity index (χ4v) is 10.6. The molecule has 0 aliphatic carbocycles. The molecule has 0 heterocycles. The van der Waals surface area contributed by atoms with Crippen molar-refractivity contribution in [2.24, 2.45) is 0 Å². The largest absolute Gasteiger partial charge is 0.466 e. The Labute approximate surface area is 462 Å². The van der Waals surface area contributed by atoms with Crippen LogP contribution < -0.4 is 5.32 Å². The smallest absolute Gasteiger partial charge is 0.305 e. The molecule has 3 N–H and O–H groups in total. The van der Waals surface area contributed by atoms with Gasteiger partial charge >= 0.3 is 5.97 Å². The van der Waals surface area contributed by atoms with E-state index in [0.717, 1.165) is 44.9 Å². The second-order valence-corrected chi connectivity index (χ2v) is 23.1. The van der Waals surface area contributed by atoms with Crippen molar-refractivity contribution < 1.29 is 24.5 Å². The zero-order valence-corrected chi connectivity index (χ0v) is 50.1. The van der Waals surface area contributed by atoms with Gasteiger partial charge in [-0.15, -0.1) is 0 Å². The molecule has 0 saturated heterocycles. The number of carbonyl (C=O) groups is 2. The predicted molar refractivity (Wildman–Crippen MR) is 324 cm³/mol. The number of aliphatic hydroxyl groups excluding tert-OH is 2. The maximum absolute atomic E-state index is 12.5. The molecule has 6 nitrogen and oxygen atoms in total. The van der Waals surface area contributed by atoms with Gasteiger partial charge in [-0.05, 0) is 77.0 Å². The molecule has 6 heteroatoms. The van der Waals surface area contributed by atoms with Crippen molar-refractivity contribution in [1.82, 2.24) is 5.32 Å². The number of hydrogen-bond donors (Lipinski definition) is 3. The number of amides is 1. The van der Waals surface area contributed by atoms with Crippen LogP contribution in [0.3, 0.4) is 0 Å². The van der Waals surface area contributed by atoms with Crippen LogP contribution in [-0.4, -0.2) is 47.4 Å². The first-order chi connectivity index (χ1) is 36.5. The Bertz CT molecular complexity index is 1150. The summed E-state index contributed by atoms with van der Waals surface area (Å²) in [6.07, 6.45) is 79.2. The van der Waals surface area contributed by atoms with Gasteiger partial charge in [0.15, 0.2) is 0 Å². The summed E-state index contributed by atoms with van der Waals surface area (Å²) in [6, 6.07) is -0.541. The summed E-state index contributed by atoms with van der Waals surface area (Å²) in [7, 11) is 0. The van der Waals surface area contributed by atoms with Gasteiger partial charge in [0.05, 0.1) is 25.4 Å². The average Bonchev–Trinajstić information content (AvgIpc) is 3.40. The number of unbranched alkanes of at least 4 members (excludes halogenated alkanes) is 48. The van der Waals surface area contributed by atoms with Gasteiger partial charge in [-0.3, -0.25) is 9.59 Å². The maximum Gasteiger partial charge on any atom is 0.305 e. The van der Waals surface area contributed by atoms with Gasteiger partial charge in [0, 0.05) is 12.8 Å². The number of ether oxygens (including phenoxy) is 1. The van der Waals surface area contributed by atoms with Crippen LogP contribution >= 0.6 is 0 Å². The number of rotatable bonds is 63. The van der Waals surface area contributed by atoms with Crippen molar-refractivity contribution >= 4 is 11.9 Å². The average molecular weight is 1040 g/mol. The second-order valence-electron chi connectivity index (χ2n) is 23.1. The summed E-state index contributed by atoms with van der Waals surface area (Å²) >= 11 is 0. The molecule has 0 aromatic heterocycles. The Morgan fingerprint density at radius 1 is 0.365 bits per heavy atom. The van der Waals surface area contributed by atoms with Gasteiger partial charge < -0.3 is 20.3 Å². The van der Waals surface area contributed by atoms with E-state index in [4.69, 9.17) is 4.74 Å². The lowest BCUT2D eigenvalue weighted by atomic mass is 10.0. The molecule has 0 radical (unpaired) electrons. The van der Waals surface area contributed by atoms with E-state index in [0.29, 0.717) is 25.9 Å². The lowest BCUT2D eigenvalue weighted by molar-refractivity contribution is -0.143. The van der Waals surface area contributed by atoms with Crippen LogP contribution in [0.2, 0.25) is 0 Å². The molecule has 0 saturated carbocycles. The Hall–Kier alpha value is -1.66. The zero-order valence-electron chi connectivity index (χ0n) is 50.1. The molecule has 74 heavy (non-hydrogen) atoms. The monoisotopic (exact) mass is 1040 g/mol. The van der Waals surface area contributed by atoms with E-state index in [1.54, 1.807) is 0 Å².